The standard InChI is InChI=1S/C12H15BrN2O3/c1-9-5-6-10(11(8-9)15(17)18)14-12(16)4-2-3-7-13/h5-6,8H,2-4,7H2,1H3,(H,14,16). The number of anilines is 1. The summed E-state index contributed by atoms with van der Waals surface area (Å²) in [7, 11) is 0. The van der Waals surface area contributed by atoms with Gasteiger partial charge in [-0.25, -0.2) is 0 Å². The predicted molar refractivity (Wildman–Crippen MR) is 74.1 cm³/mol. The number of unbranched alkanes of at least 4 members (excludes halogenated alkanes) is 1. The van der Waals surface area contributed by atoms with E-state index in [4.69, 9.17) is 0 Å². The second-order valence-electron chi connectivity index (χ2n) is 3.97. The Morgan fingerprint density at radius 3 is 2.78 bits per heavy atom. The summed E-state index contributed by atoms with van der Waals surface area (Å²) in [6.45, 7) is 1.77. The fraction of sp³-hybridized carbons (Fsp3) is 0.417. The summed E-state index contributed by atoms with van der Waals surface area (Å²) >= 11 is 3.28. The normalized spacial score (nSPS) is 10.1. The number of halogens is 1. The van der Waals surface area contributed by atoms with Crippen LogP contribution in [0.4, 0.5) is 11.4 Å². The quantitative estimate of drug-likeness (QED) is 0.378. The molecule has 98 valence electrons. The lowest BCUT2D eigenvalue weighted by Gasteiger charge is -2.06. The van der Waals surface area contributed by atoms with Crippen LogP contribution in [0.15, 0.2) is 18.2 Å². The number of alkyl halides is 1. The minimum absolute atomic E-state index is 0.0659. The van der Waals surface area contributed by atoms with Crippen LogP contribution in [0.2, 0.25) is 0 Å². The maximum atomic E-state index is 11.6. The third kappa shape index (κ3) is 4.44. The average Bonchev–Trinajstić information content (AvgIpc) is 2.31. The van der Waals surface area contributed by atoms with Crippen LogP contribution in [0.1, 0.15) is 24.8 Å². The zero-order valence-corrected chi connectivity index (χ0v) is 11.7. The zero-order chi connectivity index (χ0) is 13.5. The van der Waals surface area contributed by atoms with Crippen molar-refractivity contribution in [3.63, 3.8) is 0 Å². The highest BCUT2D eigenvalue weighted by Crippen LogP contribution is 2.25. The number of benzene rings is 1. The van der Waals surface area contributed by atoms with Crippen molar-refractivity contribution in [2.24, 2.45) is 0 Å². The molecule has 0 spiro atoms. The Kier molecular flexibility index (Phi) is 5.77. The number of hydrogen-bond donors (Lipinski definition) is 1. The average molecular weight is 315 g/mol. The largest absolute Gasteiger partial charge is 0.320 e. The molecule has 0 fully saturated rings. The van der Waals surface area contributed by atoms with E-state index in [0.717, 1.165) is 23.7 Å². The highest BCUT2D eigenvalue weighted by molar-refractivity contribution is 9.09. The molecule has 0 radical (unpaired) electrons. The molecule has 18 heavy (non-hydrogen) atoms. The molecule has 0 aliphatic carbocycles. The van der Waals surface area contributed by atoms with Crippen molar-refractivity contribution in [3.05, 3.63) is 33.9 Å². The van der Waals surface area contributed by atoms with Crippen molar-refractivity contribution in [1.82, 2.24) is 0 Å². The van der Waals surface area contributed by atoms with Crippen LogP contribution in [-0.2, 0) is 4.79 Å². The van der Waals surface area contributed by atoms with Gasteiger partial charge in [0.2, 0.25) is 5.91 Å². The van der Waals surface area contributed by atoms with Crippen LogP contribution < -0.4 is 5.32 Å². The van der Waals surface area contributed by atoms with E-state index in [1.165, 1.54) is 6.07 Å². The molecule has 6 heteroatoms. The summed E-state index contributed by atoms with van der Waals surface area (Å²) in [5.41, 5.74) is 0.984. The van der Waals surface area contributed by atoms with Gasteiger partial charge in [0.15, 0.2) is 0 Å². The van der Waals surface area contributed by atoms with E-state index in [1.807, 2.05) is 0 Å². The van der Waals surface area contributed by atoms with E-state index < -0.39 is 4.92 Å². The number of rotatable bonds is 6. The maximum Gasteiger partial charge on any atom is 0.293 e. The lowest BCUT2D eigenvalue weighted by atomic mass is 10.2. The topological polar surface area (TPSA) is 72.2 Å². The van der Waals surface area contributed by atoms with Gasteiger partial charge in [-0.1, -0.05) is 22.0 Å². The van der Waals surface area contributed by atoms with E-state index in [1.54, 1.807) is 19.1 Å². The van der Waals surface area contributed by atoms with E-state index in [0.29, 0.717) is 6.42 Å². The minimum Gasteiger partial charge on any atom is -0.320 e. The van der Waals surface area contributed by atoms with Crippen LogP contribution in [0.25, 0.3) is 0 Å². The molecule has 0 saturated heterocycles. The first-order valence-electron chi connectivity index (χ1n) is 5.65. The fourth-order valence-electron chi connectivity index (χ4n) is 1.49. The summed E-state index contributed by atoms with van der Waals surface area (Å²) in [6.07, 6.45) is 2.04. The molecule has 1 amide bonds. The van der Waals surface area contributed by atoms with Gasteiger partial charge in [-0.05, 0) is 31.4 Å². The second-order valence-corrected chi connectivity index (χ2v) is 4.76. The Morgan fingerprint density at radius 1 is 1.44 bits per heavy atom. The predicted octanol–water partition coefficient (Wildman–Crippen LogP) is 3.41. The van der Waals surface area contributed by atoms with Gasteiger partial charge < -0.3 is 5.32 Å². The number of nitro groups is 1. The minimum atomic E-state index is -0.485. The number of aryl methyl sites for hydroxylation is 1. The Morgan fingerprint density at radius 2 is 2.17 bits per heavy atom. The highest BCUT2D eigenvalue weighted by atomic mass is 79.9. The summed E-state index contributed by atoms with van der Waals surface area (Å²) in [5.74, 6) is -0.192. The number of carbonyl (C=O) groups is 1. The SMILES string of the molecule is Cc1ccc(NC(=O)CCCCBr)c([N+](=O)[O-])c1. The molecular formula is C12H15BrN2O3. The molecule has 0 atom stereocenters. The number of amides is 1. The number of nitrogens with one attached hydrogen (secondary N) is 1. The third-order valence-corrected chi connectivity index (χ3v) is 2.97. The van der Waals surface area contributed by atoms with Crippen molar-refractivity contribution in [1.29, 1.82) is 0 Å². The summed E-state index contributed by atoms with van der Waals surface area (Å²) in [5, 5.41) is 14.3. The summed E-state index contributed by atoms with van der Waals surface area (Å²) in [6, 6.07) is 4.76. The van der Waals surface area contributed by atoms with Gasteiger partial charge in [0.1, 0.15) is 5.69 Å². The molecule has 0 bridgehead atoms. The highest BCUT2D eigenvalue weighted by Gasteiger charge is 2.15. The number of carbonyl (C=O) groups excluding carboxylic acids is 1. The Balaban J connectivity index is 2.72. The van der Waals surface area contributed by atoms with Crippen molar-refractivity contribution < 1.29 is 9.72 Å². The molecule has 0 aliphatic heterocycles. The van der Waals surface area contributed by atoms with Gasteiger partial charge in [-0.2, -0.15) is 0 Å². The molecule has 1 rings (SSSR count). The lowest BCUT2D eigenvalue weighted by molar-refractivity contribution is -0.384. The Bertz CT molecular complexity index is 449. The number of nitrogens with zero attached hydrogens (tertiary/aromatic N) is 1. The Hall–Kier alpha value is -1.43. The van der Waals surface area contributed by atoms with Crippen molar-refractivity contribution >= 4 is 33.2 Å². The van der Waals surface area contributed by atoms with Gasteiger partial charge in [0.05, 0.1) is 4.92 Å². The molecule has 0 aromatic heterocycles. The van der Waals surface area contributed by atoms with E-state index in [9.17, 15) is 14.9 Å². The second kappa shape index (κ2) is 7.10. The molecule has 0 saturated carbocycles. The first kappa shape index (κ1) is 14.6. The number of nitro benzene ring substituents is 1. The molecule has 0 aliphatic rings. The van der Waals surface area contributed by atoms with Gasteiger partial charge in [0, 0.05) is 17.8 Å². The monoisotopic (exact) mass is 314 g/mol. The van der Waals surface area contributed by atoms with E-state index in [-0.39, 0.29) is 17.3 Å². The van der Waals surface area contributed by atoms with Gasteiger partial charge in [-0.15, -0.1) is 0 Å². The van der Waals surface area contributed by atoms with Gasteiger partial charge in [-0.3, -0.25) is 14.9 Å². The van der Waals surface area contributed by atoms with Crippen molar-refractivity contribution in [2.45, 2.75) is 26.2 Å². The lowest BCUT2D eigenvalue weighted by Crippen LogP contribution is -2.12. The van der Waals surface area contributed by atoms with E-state index in [2.05, 4.69) is 21.2 Å². The molecule has 5 nitrogen and oxygen atoms in total. The van der Waals surface area contributed by atoms with Crippen LogP contribution >= 0.6 is 15.9 Å². The van der Waals surface area contributed by atoms with Crippen LogP contribution in [-0.4, -0.2) is 16.2 Å². The first-order chi connectivity index (χ1) is 8.54. The van der Waals surface area contributed by atoms with Crippen molar-refractivity contribution in [3.8, 4) is 0 Å². The third-order valence-electron chi connectivity index (χ3n) is 2.41. The summed E-state index contributed by atoms with van der Waals surface area (Å²) < 4.78 is 0. The van der Waals surface area contributed by atoms with Gasteiger partial charge in [0.25, 0.3) is 5.69 Å². The molecule has 1 N–H and O–H groups in total. The van der Waals surface area contributed by atoms with Crippen LogP contribution in [0.3, 0.4) is 0 Å². The molecule has 1 aromatic carbocycles. The molecule has 0 unspecified atom stereocenters. The van der Waals surface area contributed by atoms with Crippen molar-refractivity contribution in [2.75, 3.05) is 10.6 Å². The maximum absolute atomic E-state index is 11.6. The smallest absolute Gasteiger partial charge is 0.293 e. The van der Waals surface area contributed by atoms with Crippen LogP contribution in [0.5, 0.6) is 0 Å². The molecular weight excluding hydrogens is 300 g/mol. The summed E-state index contributed by atoms with van der Waals surface area (Å²) in [4.78, 5) is 22.0. The van der Waals surface area contributed by atoms with Crippen LogP contribution in [0, 0.1) is 17.0 Å². The number of hydrogen-bond acceptors (Lipinski definition) is 3. The first-order valence-corrected chi connectivity index (χ1v) is 6.77. The molecule has 0 heterocycles. The fourth-order valence-corrected chi connectivity index (χ4v) is 1.89. The zero-order valence-electron chi connectivity index (χ0n) is 10.1. The van der Waals surface area contributed by atoms with E-state index >= 15 is 0 Å². The van der Waals surface area contributed by atoms with Gasteiger partial charge >= 0.3 is 0 Å². The molecule has 1 aromatic rings. The Labute approximate surface area is 114 Å².